The molecule has 154 valence electrons. The van der Waals surface area contributed by atoms with E-state index >= 15 is 0 Å². The highest BCUT2D eigenvalue weighted by Gasteiger charge is 2.45. The predicted octanol–water partition coefficient (Wildman–Crippen LogP) is 3.06. The second-order valence-corrected chi connectivity index (χ2v) is 8.17. The SMILES string of the molecule is CC1=CC2C(C(OCC(=O)O)=N1)c1c(C(N)=O)cccc1N2CC1CCCCC1. The Kier molecular flexibility index (Phi) is 5.30. The zero-order valence-corrected chi connectivity index (χ0v) is 16.6. The number of carboxylic acids is 1. The fraction of sp³-hybridized carbons (Fsp3) is 0.500. The first-order valence-corrected chi connectivity index (χ1v) is 10.3. The number of primary amides is 1. The van der Waals surface area contributed by atoms with Crippen LogP contribution in [0.15, 0.2) is 35.0 Å². The van der Waals surface area contributed by atoms with Gasteiger partial charge < -0.3 is 20.5 Å². The monoisotopic (exact) mass is 397 g/mol. The minimum absolute atomic E-state index is 0.0614. The van der Waals surface area contributed by atoms with Crippen molar-refractivity contribution in [3.05, 3.63) is 41.1 Å². The number of allylic oxidation sites excluding steroid dienone is 1. The normalized spacial score (nSPS) is 23.7. The summed E-state index contributed by atoms with van der Waals surface area (Å²) in [6.45, 7) is 2.32. The number of carbonyl (C=O) groups excluding carboxylic acids is 1. The molecule has 0 bridgehead atoms. The van der Waals surface area contributed by atoms with Crippen molar-refractivity contribution < 1.29 is 19.4 Å². The summed E-state index contributed by atoms with van der Waals surface area (Å²) >= 11 is 0. The fourth-order valence-electron chi connectivity index (χ4n) is 4.97. The Morgan fingerprint density at radius 1 is 1.28 bits per heavy atom. The number of carboxylic acid groups (broad SMARTS) is 1. The number of fused-ring (bicyclic) bond motifs is 3. The molecular formula is C22H27N3O4. The molecule has 7 heteroatoms. The number of hydrogen-bond acceptors (Lipinski definition) is 5. The number of nitrogens with two attached hydrogens (primary N) is 1. The summed E-state index contributed by atoms with van der Waals surface area (Å²) in [6.07, 6.45) is 8.31. The summed E-state index contributed by atoms with van der Waals surface area (Å²) in [5.41, 5.74) is 8.69. The molecule has 1 aromatic rings. The Hall–Kier alpha value is -2.83. The third-order valence-corrected chi connectivity index (χ3v) is 6.16. The average molecular weight is 397 g/mol. The molecule has 1 fully saturated rings. The maximum Gasteiger partial charge on any atom is 0.341 e. The lowest BCUT2D eigenvalue weighted by Crippen LogP contribution is -2.41. The molecule has 1 saturated carbocycles. The highest BCUT2D eigenvalue weighted by Crippen LogP contribution is 2.47. The maximum absolute atomic E-state index is 12.2. The number of aliphatic carboxylic acids is 1. The molecule has 0 saturated heterocycles. The molecule has 3 N–H and O–H groups in total. The molecule has 29 heavy (non-hydrogen) atoms. The standard InChI is InChI=1S/C22H27N3O4/c1-13-10-17-20(22(24-13)29-12-18(26)27)19-15(21(23)28)8-5-9-16(19)25(17)11-14-6-3-2-4-7-14/h5,8-10,14,17,20H,2-4,6-7,11-12H2,1H3,(H2,23,28)(H,26,27). The van der Waals surface area contributed by atoms with E-state index in [4.69, 9.17) is 15.6 Å². The predicted molar refractivity (Wildman–Crippen MR) is 110 cm³/mol. The van der Waals surface area contributed by atoms with Crippen molar-refractivity contribution in [3.8, 4) is 0 Å². The van der Waals surface area contributed by atoms with Crippen LogP contribution in [0.4, 0.5) is 5.69 Å². The number of nitrogens with zero attached hydrogens (tertiary/aromatic N) is 2. The Labute approximate surface area is 170 Å². The van der Waals surface area contributed by atoms with Crippen LogP contribution < -0.4 is 10.6 Å². The quantitative estimate of drug-likeness (QED) is 0.794. The van der Waals surface area contributed by atoms with Crippen molar-refractivity contribution in [2.45, 2.75) is 51.0 Å². The first kappa shape index (κ1) is 19.5. The lowest BCUT2D eigenvalue weighted by Gasteiger charge is -2.34. The van der Waals surface area contributed by atoms with Gasteiger partial charge in [0.15, 0.2) is 12.5 Å². The van der Waals surface area contributed by atoms with Gasteiger partial charge in [0.1, 0.15) is 0 Å². The molecule has 0 radical (unpaired) electrons. The molecule has 7 nitrogen and oxygen atoms in total. The maximum atomic E-state index is 12.2. The second kappa shape index (κ2) is 7.89. The van der Waals surface area contributed by atoms with E-state index in [9.17, 15) is 9.59 Å². The van der Waals surface area contributed by atoms with Crippen LogP contribution in [-0.4, -0.2) is 42.1 Å². The van der Waals surface area contributed by atoms with Crippen LogP contribution in [0.1, 0.15) is 60.9 Å². The molecule has 1 amide bonds. The van der Waals surface area contributed by atoms with Crippen molar-refractivity contribution in [1.29, 1.82) is 0 Å². The van der Waals surface area contributed by atoms with Crippen LogP contribution >= 0.6 is 0 Å². The van der Waals surface area contributed by atoms with Gasteiger partial charge in [0.05, 0.1) is 12.0 Å². The van der Waals surface area contributed by atoms with Crippen LogP contribution in [0.3, 0.4) is 0 Å². The van der Waals surface area contributed by atoms with Crippen LogP contribution in [0, 0.1) is 5.92 Å². The Morgan fingerprint density at radius 2 is 2.03 bits per heavy atom. The minimum atomic E-state index is -1.06. The topological polar surface area (TPSA) is 105 Å². The lowest BCUT2D eigenvalue weighted by atomic mass is 9.87. The van der Waals surface area contributed by atoms with Gasteiger partial charge in [-0.05, 0) is 43.9 Å². The number of ether oxygens (including phenoxy) is 1. The summed E-state index contributed by atoms with van der Waals surface area (Å²) < 4.78 is 5.59. The van der Waals surface area contributed by atoms with E-state index in [1.54, 1.807) is 6.07 Å². The number of benzene rings is 1. The van der Waals surface area contributed by atoms with E-state index in [-0.39, 0.29) is 12.0 Å². The first-order valence-electron chi connectivity index (χ1n) is 10.3. The van der Waals surface area contributed by atoms with Crippen LogP contribution in [-0.2, 0) is 9.53 Å². The van der Waals surface area contributed by atoms with Gasteiger partial charge in [0.25, 0.3) is 0 Å². The van der Waals surface area contributed by atoms with Gasteiger partial charge >= 0.3 is 5.97 Å². The molecule has 2 atom stereocenters. The molecule has 2 unspecified atom stereocenters. The van der Waals surface area contributed by atoms with E-state index < -0.39 is 18.5 Å². The molecule has 4 rings (SSSR count). The largest absolute Gasteiger partial charge is 0.479 e. The van der Waals surface area contributed by atoms with Crippen molar-refractivity contribution in [1.82, 2.24) is 0 Å². The molecular weight excluding hydrogens is 370 g/mol. The minimum Gasteiger partial charge on any atom is -0.479 e. The van der Waals surface area contributed by atoms with Crippen molar-refractivity contribution in [2.24, 2.45) is 16.6 Å². The molecule has 2 aliphatic heterocycles. The second-order valence-electron chi connectivity index (χ2n) is 8.17. The third-order valence-electron chi connectivity index (χ3n) is 6.16. The summed E-state index contributed by atoms with van der Waals surface area (Å²) in [6, 6.07) is 5.53. The Balaban J connectivity index is 1.76. The first-order chi connectivity index (χ1) is 14.0. The van der Waals surface area contributed by atoms with Crippen LogP contribution in [0.5, 0.6) is 0 Å². The smallest absolute Gasteiger partial charge is 0.341 e. The third kappa shape index (κ3) is 3.73. The van der Waals surface area contributed by atoms with Gasteiger partial charge in [0.2, 0.25) is 5.91 Å². The summed E-state index contributed by atoms with van der Waals surface area (Å²) in [5, 5.41) is 9.08. The molecule has 3 aliphatic rings. The van der Waals surface area contributed by atoms with Crippen molar-refractivity contribution >= 4 is 23.5 Å². The average Bonchev–Trinajstić information content (AvgIpc) is 3.00. The highest BCUT2D eigenvalue weighted by molar-refractivity contribution is 6.02. The zero-order valence-electron chi connectivity index (χ0n) is 16.6. The Bertz CT molecular complexity index is 886. The van der Waals surface area contributed by atoms with Crippen molar-refractivity contribution in [3.63, 3.8) is 0 Å². The molecule has 1 aliphatic carbocycles. The van der Waals surface area contributed by atoms with Gasteiger partial charge in [-0.1, -0.05) is 25.3 Å². The molecule has 0 spiro atoms. The van der Waals surface area contributed by atoms with Gasteiger partial charge in [-0.2, -0.15) is 0 Å². The number of carbonyl (C=O) groups is 2. The Morgan fingerprint density at radius 3 is 2.72 bits per heavy atom. The van der Waals surface area contributed by atoms with Gasteiger partial charge in [-0.3, -0.25) is 4.79 Å². The molecule has 1 aromatic carbocycles. The number of amides is 1. The van der Waals surface area contributed by atoms with E-state index in [1.165, 1.54) is 32.1 Å². The highest BCUT2D eigenvalue weighted by atomic mass is 16.5. The van der Waals surface area contributed by atoms with Crippen LogP contribution in [0.25, 0.3) is 0 Å². The zero-order chi connectivity index (χ0) is 20.5. The number of anilines is 1. The molecule has 2 heterocycles. The van der Waals surface area contributed by atoms with E-state index in [0.717, 1.165) is 23.5 Å². The lowest BCUT2D eigenvalue weighted by molar-refractivity contribution is -0.139. The van der Waals surface area contributed by atoms with Gasteiger partial charge in [-0.25, -0.2) is 9.79 Å². The summed E-state index contributed by atoms with van der Waals surface area (Å²) in [4.78, 5) is 30.1. The summed E-state index contributed by atoms with van der Waals surface area (Å²) in [5.74, 6) is -0.941. The number of hydrogen-bond donors (Lipinski definition) is 2. The van der Waals surface area contributed by atoms with E-state index in [1.807, 2.05) is 19.1 Å². The molecule has 0 aromatic heterocycles. The van der Waals surface area contributed by atoms with Gasteiger partial charge in [-0.15, -0.1) is 0 Å². The van der Waals surface area contributed by atoms with Crippen molar-refractivity contribution in [2.75, 3.05) is 18.1 Å². The number of rotatable bonds is 5. The summed E-state index contributed by atoms with van der Waals surface area (Å²) in [7, 11) is 0. The van der Waals surface area contributed by atoms with E-state index in [2.05, 4.69) is 16.0 Å². The fourth-order valence-corrected chi connectivity index (χ4v) is 4.97. The van der Waals surface area contributed by atoms with Crippen LogP contribution in [0.2, 0.25) is 0 Å². The number of aliphatic imine (C=N–C) groups is 1. The van der Waals surface area contributed by atoms with Gasteiger partial charge in [0, 0.05) is 29.1 Å². The van der Waals surface area contributed by atoms with E-state index in [0.29, 0.717) is 17.4 Å².